The van der Waals surface area contributed by atoms with Crippen LogP contribution in [-0.2, 0) is 12.6 Å². The molecular weight excluding hydrogens is 347 g/mol. The Hall–Kier alpha value is -1.89. The third-order valence-corrected chi connectivity index (χ3v) is 3.44. The summed E-state index contributed by atoms with van der Waals surface area (Å²) >= 11 is 3.32. The largest absolute Gasteiger partial charge is 0.416 e. The predicted molar refractivity (Wildman–Crippen MR) is 75.8 cm³/mol. The maximum absolute atomic E-state index is 12.5. The number of alkyl halides is 3. The number of aromatic nitrogens is 3. The van der Waals surface area contributed by atoms with Crippen LogP contribution < -0.4 is 0 Å². The van der Waals surface area contributed by atoms with Crippen LogP contribution in [0.15, 0.2) is 41.0 Å². The number of halogens is 4. The van der Waals surface area contributed by atoms with Crippen molar-refractivity contribution in [3.05, 3.63) is 58.0 Å². The first-order valence-corrected chi connectivity index (χ1v) is 6.87. The molecule has 0 radical (unpaired) electrons. The number of H-pyrrole nitrogens is 1. The van der Waals surface area contributed by atoms with Gasteiger partial charge in [0.2, 0.25) is 0 Å². The molecule has 3 aromatic rings. The molecule has 0 fully saturated rings. The van der Waals surface area contributed by atoms with Crippen LogP contribution in [0.4, 0.5) is 13.2 Å². The van der Waals surface area contributed by atoms with E-state index in [9.17, 15) is 13.2 Å². The van der Waals surface area contributed by atoms with Gasteiger partial charge in [0, 0.05) is 17.1 Å². The number of nitrogens with zero attached hydrogens (tertiary/aromatic N) is 2. The second-order valence-corrected chi connectivity index (χ2v) is 5.50. The van der Waals surface area contributed by atoms with Crippen molar-refractivity contribution in [2.75, 3.05) is 0 Å². The van der Waals surface area contributed by atoms with E-state index in [2.05, 4.69) is 30.9 Å². The van der Waals surface area contributed by atoms with Crippen molar-refractivity contribution in [2.24, 2.45) is 0 Å². The molecule has 3 nitrogen and oxygen atoms in total. The van der Waals surface area contributed by atoms with E-state index in [0.717, 1.165) is 27.7 Å². The standard InChI is InChI=1S/C14H9BrF3N3/c15-10-6-11-13(19-7-10)21-12(20-11)5-8-1-3-9(4-2-8)14(16,17)18/h1-4,6-7H,5H2,(H,19,20,21). The molecule has 0 saturated heterocycles. The molecule has 0 aliphatic carbocycles. The smallest absolute Gasteiger partial charge is 0.340 e. The summed E-state index contributed by atoms with van der Waals surface area (Å²) in [5.41, 5.74) is 1.47. The number of fused-ring (bicyclic) bond motifs is 1. The highest BCUT2D eigenvalue weighted by Crippen LogP contribution is 2.29. The zero-order valence-electron chi connectivity index (χ0n) is 10.6. The molecule has 1 aromatic carbocycles. The molecule has 2 heterocycles. The Morgan fingerprint density at radius 2 is 1.86 bits per heavy atom. The molecule has 0 unspecified atom stereocenters. The van der Waals surface area contributed by atoms with Gasteiger partial charge in [-0.25, -0.2) is 9.97 Å². The normalized spacial score (nSPS) is 12.0. The van der Waals surface area contributed by atoms with E-state index >= 15 is 0 Å². The molecule has 0 amide bonds. The van der Waals surface area contributed by atoms with Gasteiger partial charge in [-0.1, -0.05) is 12.1 Å². The number of benzene rings is 1. The second kappa shape index (κ2) is 5.14. The van der Waals surface area contributed by atoms with E-state index in [1.54, 1.807) is 6.20 Å². The molecule has 108 valence electrons. The fourth-order valence-electron chi connectivity index (χ4n) is 2.01. The Kier molecular flexibility index (Phi) is 3.44. The Labute approximate surface area is 126 Å². The molecule has 0 saturated carbocycles. The van der Waals surface area contributed by atoms with Gasteiger partial charge in [-0.2, -0.15) is 13.2 Å². The van der Waals surface area contributed by atoms with Crippen LogP contribution in [0.1, 0.15) is 17.0 Å². The topological polar surface area (TPSA) is 41.6 Å². The van der Waals surface area contributed by atoms with E-state index in [4.69, 9.17) is 0 Å². The minimum Gasteiger partial charge on any atom is -0.340 e. The molecule has 2 aromatic heterocycles. The Balaban J connectivity index is 1.84. The first-order valence-electron chi connectivity index (χ1n) is 6.08. The molecule has 7 heteroatoms. The number of hydrogen-bond donors (Lipinski definition) is 1. The van der Waals surface area contributed by atoms with Crippen LogP contribution >= 0.6 is 15.9 Å². The molecule has 1 N–H and O–H groups in total. The van der Waals surface area contributed by atoms with Gasteiger partial charge >= 0.3 is 6.18 Å². The van der Waals surface area contributed by atoms with Gasteiger partial charge in [-0.05, 0) is 39.7 Å². The Bertz CT molecular complexity index is 778. The number of rotatable bonds is 2. The van der Waals surface area contributed by atoms with Gasteiger partial charge in [0.25, 0.3) is 0 Å². The quantitative estimate of drug-likeness (QED) is 0.743. The number of nitrogens with one attached hydrogen (secondary N) is 1. The van der Waals surface area contributed by atoms with E-state index in [0.29, 0.717) is 17.9 Å². The van der Waals surface area contributed by atoms with Gasteiger partial charge < -0.3 is 4.98 Å². The fraction of sp³-hybridized carbons (Fsp3) is 0.143. The third kappa shape index (κ3) is 3.07. The Morgan fingerprint density at radius 3 is 2.52 bits per heavy atom. The van der Waals surface area contributed by atoms with Crippen molar-refractivity contribution < 1.29 is 13.2 Å². The first kappa shape index (κ1) is 14.1. The summed E-state index contributed by atoms with van der Waals surface area (Å²) in [6, 6.07) is 6.92. The lowest BCUT2D eigenvalue weighted by Crippen LogP contribution is -2.04. The van der Waals surface area contributed by atoms with E-state index < -0.39 is 11.7 Å². The van der Waals surface area contributed by atoms with Crippen LogP contribution in [0, 0.1) is 0 Å². The van der Waals surface area contributed by atoms with Crippen molar-refractivity contribution in [1.82, 2.24) is 15.0 Å². The van der Waals surface area contributed by atoms with Crippen LogP contribution in [0.3, 0.4) is 0 Å². The zero-order chi connectivity index (χ0) is 15.0. The summed E-state index contributed by atoms with van der Waals surface area (Å²) < 4.78 is 38.3. The second-order valence-electron chi connectivity index (χ2n) is 4.58. The van der Waals surface area contributed by atoms with Crippen molar-refractivity contribution in [3.8, 4) is 0 Å². The maximum Gasteiger partial charge on any atom is 0.416 e. The van der Waals surface area contributed by atoms with E-state index in [1.807, 2.05) is 6.07 Å². The minimum atomic E-state index is -4.31. The molecule has 3 rings (SSSR count). The summed E-state index contributed by atoms with van der Waals surface area (Å²) in [6.45, 7) is 0. The summed E-state index contributed by atoms with van der Waals surface area (Å²) in [5, 5.41) is 0. The SMILES string of the molecule is FC(F)(F)c1ccc(Cc2nc3ncc(Br)cc3[nH]2)cc1. The highest BCUT2D eigenvalue weighted by Gasteiger charge is 2.29. The average Bonchev–Trinajstić information content (AvgIpc) is 2.79. The van der Waals surface area contributed by atoms with Gasteiger partial charge in [0.1, 0.15) is 5.82 Å². The molecular formula is C14H9BrF3N3. The monoisotopic (exact) mass is 355 g/mol. The minimum absolute atomic E-state index is 0.423. The van der Waals surface area contributed by atoms with Crippen molar-refractivity contribution in [2.45, 2.75) is 12.6 Å². The maximum atomic E-state index is 12.5. The van der Waals surface area contributed by atoms with Gasteiger partial charge in [0.05, 0.1) is 11.1 Å². The summed E-state index contributed by atoms with van der Waals surface area (Å²) in [4.78, 5) is 11.6. The highest BCUT2D eigenvalue weighted by molar-refractivity contribution is 9.10. The molecule has 0 aliphatic rings. The van der Waals surface area contributed by atoms with Crippen molar-refractivity contribution in [3.63, 3.8) is 0 Å². The van der Waals surface area contributed by atoms with Crippen LogP contribution in [0.2, 0.25) is 0 Å². The lowest BCUT2D eigenvalue weighted by atomic mass is 10.1. The number of imidazole rings is 1. The predicted octanol–water partition coefficient (Wildman–Crippen LogP) is 4.33. The van der Waals surface area contributed by atoms with Crippen LogP contribution in [0.25, 0.3) is 11.2 Å². The van der Waals surface area contributed by atoms with E-state index in [1.165, 1.54) is 12.1 Å². The first-order chi connectivity index (χ1) is 9.91. The molecule has 0 atom stereocenters. The zero-order valence-corrected chi connectivity index (χ0v) is 12.2. The van der Waals surface area contributed by atoms with Crippen molar-refractivity contribution in [1.29, 1.82) is 0 Å². The van der Waals surface area contributed by atoms with Gasteiger partial charge in [0.15, 0.2) is 5.65 Å². The summed E-state index contributed by atoms with van der Waals surface area (Å²) in [5.74, 6) is 0.662. The van der Waals surface area contributed by atoms with E-state index in [-0.39, 0.29) is 0 Å². The number of aromatic amines is 1. The molecule has 0 aliphatic heterocycles. The Morgan fingerprint density at radius 1 is 1.14 bits per heavy atom. The summed E-state index contributed by atoms with van der Waals surface area (Å²) in [7, 11) is 0. The summed E-state index contributed by atoms with van der Waals surface area (Å²) in [6.07, 6.45) is -2.24. The molecule has 0 spiro atoms. The third-order valence-electron chi connectivity index (χ3n) is 3.01. The number of hydrogen-bond acceptors (Lipinski definition) is 2. The fourth-order valence-corrected chi connectivity index (χ4v) is 2.34. The average molecular weight is 356 g/mol. The molecule has 0 bridgehead atoms. The van der Waals surface area contributed by atoms with Crippen LogP contribution in [0.5, 0.6) is 0 Å². The van der Waals surface area contributed by atoms with Crippen LogP contribution in [-0.4, -0.2) is 15.0 Å². The lowest BCUT2D eigenvalue weighted by Gasteiger charge is -2.06. The van der Waals surface area contributed by atoms with Gasteiger partial charge in [-0.15, -0.1) is 0 Å². The highest BCUT2D eigenvalue weighted by atomic mass is 79.9. The van der Waals surface area contributed by atoms with Gasteiger partial charge in [-0.3, -0.25) is 0 Å². The van der Waals surface area contributed by atoms with Crippen molar-refractivity contribution >= 4 is 27.1 Å². The lowest BCUT2D eigenvalue weighted by molar-refractivity contribution is -0.137. The molecule has 21 heavy (non-hydrogen) atoms. The number of pyridine rings is 1.